The van der Waals surface area contributed by atoms with Crippen molar-refractivity contribution in [3.05, 3.63) is 95.8 Å². The number of ether oxygens (including phenoxy) is 1. The van der Waals surface area contributed by atoms with E-state index < -0.39 is 0 Å². The maximum absolute atomic E-state index is 12.4. The molecule has 1 aromatic heterocycles. The molecule has 0 radical (unpaired) electrons. The van der Waals surface area contributed by atoms with Crippen molar-refractivity contribution in [1.82, 2.24) is 15.6 Å². The molecule has 0 fully saturated rings. The molecule has 3 aromatic rings. The lowest BCUT2D eigenvalue weighted by Gasteiger charge is -2.19. The fraction of sp³-hybridized carbons (Fsp3) is 0.143. The van der Waals surface area contributed by atoms with Crippen LogP contribution in [0.5, 0.6) is 5.75 Å². The number of methoxy groups -OCH3 is 1. The Labute approximate surface area is 153 Å². The minimum atomic E-state index is -0.317. The number of benzene rings is 2. The number of nitrogens with zero attached hydrogens (tertiary/aromatic N) is 1. The van der Waals surface area contributed by atoms with Crippen LogP contribution in [0, 0.1) is 0 Å². The zero-order chi connectivity index (χ0) is 18.2. The standard InChI is InChI=1S/C21H21N3O2/c1-26-18-11-7-8-16(14-18)15-23-21(25)24-20(17-9-3-2-4-10-17)19-12-5-6-13-22-19/h2-14,20H,15H2,1H3,(H2,23,24,25). The second-order valence-corrected chi connectivity index (χ2v) is 5.78. The first kappa shape index (κ1) is 17.5. The van der Waals surface area contributed by atoms with Crippen LogP contribution in [0.2, 0.25) is 0 Å². The third kappa shape index (κ3) is 4.60. The number of carbonyl (C=O) groups excluding carboxylic acids is 1. The van der Waals surface area contributed by atoms with Crippen LogP contribution in [0.4, 0.5) is 4.79 Å². The second kappa shape index (κ2) is 8.67. The smallest absolute Gasteiger partial charge is 0.315 e. The molecule has 1 heterocycles. The van der Waals surface area contributed by atoms with E-state index >= 15 is 0 Å². The molecule has 0 aliphatic carbocycles. The molecule has 26 heavy (non-hydrogen) atoms. The summed E-state index contributed by atoms with van der Waals surface area (Å²) in [6, 6.07) is 22.5. The van der Waals surface area contributed by atoms with Crippen LogP contribution in [0.15, 0.2) is 79.0 Å². The predicted molar refractivity (Wildman–Crippen MR) is 101 cm³/mol. The van der Waals surface area contributed by atoms with Gasteiger partial charge in [0.2, 0.25) is 0 Å². The third-order valence-electron chi connectivity index (χ3n) is 3.98. The topological polar surface area (TPSA) is 63.2 Å². The van der Waals surface area contributed by atoms with E-state index in [1.54, 1.807) is 13.3 Å². The molecular formula is C21H21N3O2. The maximum atomic E-state index is 12.4. The van der Waals surface area contributed by atoms with E-state index in [1.807, 2.05) is 72.8 Å². The fourth-order valence-corrected chi connectivity index (χ4v) is 2.67. The van der Waals surface area contributed by atoms with Crippen LogP contribution in [0.1, 0.15) is 22.9 Å². The second-order valence-electron chi connectivity index (χ2n) is 5.78. The highest BCUT2D eigenvalue weighted by molar-refractivity contribution is 5.75. The molecule has 5 heteroatoms. The van der Waals surface area contributed by atoms with Crippen LogP contribution in [0.3, 0.4) is 0 Å². The van der Waals surface area contributed by atoms with Crippen LogP contribution in [0.25, 0.3) is 0 Å². The van der Waals surface area contributed by atoms with E-state index in [0.29, 0.717) is 6.54 Å². The molecule has 1 atom stereocenters. The Hall–Kier alpha value is -3.34. The highest BCUT2D eigenvalue weighted by atomic mass is 16.5. The van der Waals surface area contributed by atoms with Crippen LogP contribution >= 0.6 is 0 Å². The average Bonchev–Trinajstić information content (AvgIpc) is 2.72. The SMILES string of the molecule is COc1cccc(CNC(=O)NC(c2ccccc2)c2ccccn2)c1. The van der Waals surface area contributed by atoms with Gasteiger partial charge in [-0.25, -0.2) is 4.79 Å². The summed E-state index contributed by atoms with van der Waals surface area (Å²) in [4.78, 5) is 16.8. The monoisotopic (exact) mass is 347 g/mol. The lowest BCUT2D eigenvalue weighted by Crippen LogP contribution is -2.38. The Kier molecular flexibility index (Phi) is 5.83. The molecule has 5 nitrogen and oxygen atoms in total. The lowest BCUT2D eigenvalue weighted by atomic mass is 10.0. The van der Waals surface area contributed by atoms with E-state index in [-0.39, 0.29) is 12.1 Å². The quantitative estimate of drug-likeness (QED) is 0.715. The predicted octanol–water partition coefficient (Wildman–Crippen LogP) is 3.68. The van der Waals surface area contributed by atoms with E-state index in [9.17, 15) is 4.79 Å². The highest BCUT2D eigenvalue weighted by Crippen LogP contribution is 2.19. The Morgan fingerprint density at radius 1 is 1.04 bits per heavy atom. The maximum Gasteiger partial charge on any atom is 0.315 e. The van der Waals surface area contributed by atoms with Crippen LogP contribution in [-0.4, -0.2) is 18.1 Å². The molecule has 2 aromatic carbocycles. The van der Waals surface area contributed by atoms with Crippen molar-refractivity contribution in [3.63, 3.8) is 0 Å². The van der Waals surface area contributed by atoms with Crippen molar-refractivity contribution in [2.45, 2.75) is 12.6 Å². The Balaban J connectivity index is 1.69. The molecule has 0 aliphatic rings. The first-order chi connectivity index (χ1) is 12.8. The van der Waals surface area contributed by atoms with Gasteiger partial charge in [0.15, 0.2) is 0 Å². The van der Waals surface area contributed by atoms with Gasteiger partial charge in [-0.1, -0.05) is 48.5 Å². The summed E-state index contributed by atoms with van der Waals surface area (Å²) in [5.74, 6) is 0.764. The number of aromatic nitrogens is 1. The fourth-order valence-electron chi connectivity index (χ4n) is 2.67. The molecule has 2 N–H and O–H groups in total. The summed E-state index contributed by atoms with van der Waals surface area (Å²) >= 11 is 0. The first-order valence-electron chi connectivity index (χ1n) is 8.39. The van der Waals surface area contributed by atoms with Gasteiger partial charge < -0.3 is 15.4 Å². The van der Waals surface area contributed by atoms with Crippen molar-refractivity contribution in [3.8, 4) is 5.75 Å². The molecular weight excluding hydrogens is 326 g/mol. The van der Waals surface area contributed by atoms with Crippen molar-refractivity contribution in [2.24, 2.45) is 0 Å². The zero-order valence-electron chi connectivity index (χ0n) is 14.6. The van der Waals surface area contributed by atoms with Gasteiger partial charge in [0.05, 0.1) is 18.8 Å². The number of rotatable bonds is 6. The lowest BCUT2D eigenvalue weighted by molar-refractivity contribution is 0.238. The van der Waals surface area contributed by atoms with E-state index in [4.69, 9.17) is 4.74 Å². The number of urea groups is 1. The summed E-state index contributed by atoms with van der Waals surface area (Å²) in [6.45, 7) is 0.409. The number of amides is 2. The van der Waals surface area contributed by atoms with Crippen molar-refractivity contribution in [1.29, 1.82) is 0 Å². The Morgan fingerprint density at radius 2 is 1.85 bits per heavy atom. The van der Waals surface area contributed by atoms with Gasteiger partial charge in [0.25, 0.3) is 0 Å². The summed E-state index contributed by atoms with van der Waals surface area (Å²) in [7, 11) is 1.62. The summed E-state index contributed by atoms with van der Waals surface area (Å²) < 4.78 is 5.21. The minimum absolute atomic E-state index is 0.257. The Morgan fingerprint density at radius 3 is 2.58 bits per heavy atom. The summed E-state index contributed by atoms with van der Waals surface area (Å²) in [5, 5.41) is 5.89. The van der Waals surface area contributed by atoms with Crippen LogP contribution < -0.4 is 15.4 Å². The van der Waals surface area contributed by atoms with Gasteiger partial charge >= 0.3 is 6.03 Å². The number of carbonyl (C=O) groups is 1. The van der Waals surface area contributed by atoms with Crippen molar-refractivity contribution < 1.29 is 9.53 Å². The van der Waals surface area contributed by atoms with Crippen molar-refractivity contribution >= 4 is 6.03 Å². The zero-order valence-corrected chi connectivity index (χ0v) is 14.6. The minimum Gasteiger partial charge on any atom is -0.497 e. The van der Waals surface area contributed by atoms with Gasteiger partial charge in [-0.2, -0.15) is 0 Å². The Bertz CT molecular complexity index is 799. The number of hydrogen-bond acceptors (Lipinski definition) is 3. The molecule has 132 valence electrons. The molecule has 0 saturated carbocycles. The van der Waals surface area contributed by atoms with Crippen molar-refractivity contribution in [2.75, 3.05) is 7.11 Å². The van der Waals surface area contributed by atoms with Gasteiger partial charge in [0.1, 0.15) is 5.75 Å². The normalized spacial score (nSPS) is 11.4. The average molecular weight is 347 g/mol. The molecule has 0 aliphatic heterocycles. The van der Waals surface area contributed by atoms with Gasteiger partial charge in [0, 0.05) is 12.7 Å². The van der Waals surface area contributed by atoms with E-state index in [2.05, 4.69) is 15.6 Å². The van der Waals surface area contributed by atoms with Crippen LogP contribution in [-0.2, 0) is 6.54 Å². The van der Waals surface area contributed by atoms with Gasteiger partial charge in [-0.15, -0.1) is 0 Å². The number of nitrogens with one attached hydrogen (secondary N) is 2. The molecule has 0 bridgehead atoms. The first-order valence-corrected chi connectivity index (χ1v) is 8.39. The summed E-state index contributed by atoms with van der Waals surface area (Å²) in [5.41, 5.74) is 2.73. The molecule has 3 rings (SSSR count). The molecule has 2 amide bonds. The van der Waals surface area contributed by atoms with E-state index in [1.165, 1.54) is 0 Å². The largest absolute Gasteiger partial charge is 0.497 e. The highest BCUT2D eigenvalue weighted by Gasteiger charge is 2.17. The molecule has 0 saturated heterocycles. The molecule has 1 unspecified atom stereocenters. The summed E-state index contributed by atoms with van der Waals surface area (Å²) in [6.07, 6.45) is 1.72. The number of pyridine rings is 1. The number of hydrogen-bond donors (Lipinski definition) is 2. The third-order valence-corrected chi connectivity index (χ3v) is 3.98. The van der Waals surface area contributed by atoms with Gasteiger partial charge in [-0.3, -0.25) is 4.98 Å². The van der Waals surface area contributed by atoms with E-state index in [0.717, 1.165) is 22.6 Å². The van der Waals surface area contributed by atoms with Gasteiger partial charge in [-0.05, 0) is 35.4 Å². The molecule has 0 spiro atoms.